The molecule has 4 aromatic rings. The number of carbonyl (C=O) groups is 1. The molecule has 0 saturated heterocycles. The monoisotopic (exact) mass is 317 g/mol. The zero-order valence-electron chi connectivity index (χ0n) is 14.1. The van der Waals surface area contributed by atoms with Crippen LogP contribution in [0.2, 0.25) is 0 Å². The van der Waals surface area contributed by atoms with Gasteiger partial charge in [-0.25, -0.2) is 4.98 Å². The van der Waals surface area contributed by atoms with E-state index < -0.39 is 0 Å². The maximum Gasteiger partial charge on any atom is 0.184 e. The van der Waals surface area contributed by atoms with Crippen molar-refractivity contribution in [3.63, 3.8) is 0 Å². The van der Waals surface area contributed by atoms with E-state index in [4.69, 9.17) is 0 Å². The number of benzene rings is 2. The molecule has 4 nitrogen and oxygen atoms in total. The van der Waals surface area contributed by atoms with Crippen molar-refractivity contribution in [3.8, 4) is 0 Å². The summed E-state index contributed by atoms with van der Waals surface area (Å²) in [6.07, 6.45) is 0. The molecule has 0 aliphatic rings. The number of rotatable bonds is 3. The van der Waals surface area contributed by atoms with Gasteiger partial charge in [-0.05, 0) is 32.0 Å². The summed E-state index contributed by atoms with van der Waals surface area (Å²) in [6.45, 7) is 4.26. The molecule has 24 heavy (non-hydrogen) atoms. The standard InChI is InChI=1S/C20H19N3O/c1-13-20(15-8-4-6-10-17(15)22(13)3)19(24)12-23-14(2)21-16-9-5-7-11-18(16)23/h4-11H,12H2,1-3H3. The number of aromatic nitrogens is 3. The molecule has 120 valence electrons. The topological polar surface area (TPSA) is 39.8 Å². The largest absolute Gasteiger partial charge is 0.347 e. The molecule has 4 rings (SSSR count). The summed E-state index contributed by atoms with van der Waals surface area (Å²) < 4.78 is 4.08. The second kappa shape index (κ2) is 5.34. The van der Waals surface area contributed by atoms with Gasteiger partial charge in [0.25, 0.3) is 0 Å². The predicted molar refractivity (Wildman–Crippen MR) is 96.5 cm³/mol. The summed E-state index contributed by atoms with van der Waals surface area (Å²) in [5.74, 6) is 0.984. The van der Waals surface area contributed by atoms with Gasteiger partial charge in [0.05, 0.1) is 17.6 Å². The Bertz CT molecular complexity index is 1090. The van der Waals surface area contributed by atoms with Crippen molar-refractivity contribution in [1.82, 2.24) is 14.1 Å². The molecule has 0 bridgehead atoms. The van der Waals surface area contributed by atoms with Gasteiger partial charge in [-0.15, -0.1) is 0 Å². The van der Waals surface area contributed by atoms with Crippen LogP contribution < -0.4 is 0 Å². The normalized spacial score (nSPS) is 11.5. The Labute approximate surface area is 140 Å². The minimum absolute atomic E-state index is 0.121. The average Bonchev–Trinajstić information content (AvgIpc) is 3.03. The van der Waals surface area contributed by atoms with Crippen LogP contribution in [-0.2, 0) is 13.6 Å². The maximum atomic E-state index is 13.1. The molecule has 4 heteroatoms. The van der Waals surface area contributed by atoms with E-state index >= 15 is 0 Å². The molecule has 0 spiro atoms. The Morgan fingerprint density at radius 3 is 2.46 bits per heavy atom. The van der Waals surface area contributed by atoms with Gasteiger partial charge >= 0.3 is 0 Å². The molecule has 2 heterocycles. The molecule has 0 amide bonds. The first kappa shape index (κ1) is 14.7. The fourth-order valence-corrected chi connectivity index (χ4v) is 3.49. The number of nitrogens with zero attached hydrogens (tertiary/aromatic N) is 3. The van der Waals surface area contributed by atoms with E-state index in [1.807, 2.05) is 67.9 Å². The fourth-order valence-electron chi connectivity index (χ4n) is 3.49. The number of carbonyl (C=O) groups excluding carboxylic acids is 1. The summed E-state index contributed by atoms with van der Waals surface area (Å²) in [6, 6.07) is 16.0. The quantitative estimate of drug-likeness (QED) is 0.535. The van der Waals surface area contributed by atoms with Crippen molar-refractivity contribution in [1.29, 1.82) is 0 Å². The molecule has 0 radical (unpaired) electrons. The number of Topliss-reactive ketones (excluding diaryl/α,β-unsaturated/α-hetero) is 1. The number of para-hydroxylation sites is 3. The van der Waals surface area contributed by atoms with Gasteiger partial charge in [0.15, 0.2) is 5.78 Å². The van der Waals surface area contributed by atoms with Crippen molar-refractivity contribution in [2.45, 2.75) is 20.4 Å². The molecule has 0 aliphatic heterocycles. The molecular formula is C20H19N3O. The molecule has 0 N–H and O–H groups in total. The lowest BCUT2D eigenvalue weighted by Crippen LogP contribution is -2.13. The Morgan fingerprint density at radius 2 is 1.67 bits per heavy atom. The third-order valence-electron chi connectivity index (χ3n) is 4.83. The highest BCUT2D eigenvalue weighted by Gasteiger charge is 2.20. The van der Waals surface area contributed by atoms with Crippen molar-refractivity contribution < 1.29 is 4.79 Å². The van der Waals surface area contributed by atoms with Gasteiger partial charge in [0.2, 0.25) is 0 Å². The van der Waals surface area contributed by atoms with E-state index in [1.165, 1.54) is 0 Å². The van der Waals surface area contributed by atoms with Crippen LogP contribution in [0.15, 0.2) is 48.5 Å². The van der Waals surface area contributed by atoms with Crippen LogP contribution in [0.25, 0.3) is 21.9 Å². The first-order chi connectivity index (χ1) is 11.6. The van der Waals surface area contributed by atoms with Gasteiger partial charge in [-0.1, -0.05) is 30.3 Å². The molecular weight excluding hydrogens is 298 g/mol. The van der Waals surface area contributed by atoms with Crippen molar-refractivity contribution in [2.75, 3.05) is 0 Å². The highest BCUT2D eigenvalue weighted by molar-refractivity contribution is 6.09. The number of imidazole rings is 1. The first-order valence-corrected chi connectivity index (χ1v) is 8.07. The molecule has 0 saturated carbocycles. The smallest absolute Gasteiger partial charge is 0.184 e. The van der Waals surface area contributed by atoms with Crippen molar-refractivity contribution in [2.24, 2.45) is 7.05 Å². The number of fused-ring (bicyclic) bond motifs is 2. The van der Waals surface area contributed by atoms with Crippen molar-refractivity contribution in [3.05, 3.63) is 65.6 Å². The van der Waals surface area contributed by atoms with Crippen LogP contribution in [0, 0.1) is 13.8 Å². The number of aryl methyl sites for hydroxylation is 2. The molecule has 2 aromatic carbocycles. The molecule has 0 unspecified atom stereocenters. The Hall–Kier alpha value is -2.88. The van der Waals surface area contributed by atoms with E-state index in [0.717, 1.165) is 39.0 Å². The second-order valence-electron chi connectivity index (χ2n) is 6.19. The fraction of sp³-hybridized carbons (Fsp3) is 0.200. The van der Waals surface area contributed by atoms with Crippen LogP contribution in [0.3, 0.4) is 0 Å². The van der Waals surface area contributed by atoms with E-state index in [1.54, 1.807) is 0 Å². The average molecular weight is 317 g/mol. The molecule has 0 atom stereocenters. The van der Waals surface area contributed by atoms with Crippen LogP contribution in [0.5, 0.6) is 0 Å². The zero-order valence-corrected chi connectivity index (χ0v) is 14.1. The minimum atomic E-state index is 0.121. The summed E-state index contributed by atoms with van der Waals surface area (Å²) in [7, 11) is 2.01. The highest BCUT2D eigenvalue weighted by atomic mass is 16.1. The number of ketones is 1. The van der Waals surface area contributed by atoms with Gasteiger partial charge in [-0.3, -0.25) is 4.79 Å². The van der Waals surface area contributed by atoms with Gasteiger partial charge in [0, 0.05) is 29.2 Å². The third-order valence-corrected chi connectivity index (χ3v) is 4.83. The van der Waals surface area contributed by atoms with E-state index in [-0.39, 0.29) is 5.78 Å². The number of hydrogen-bond acceptors (Lipinski definition) is 2. The lowest BCUT2D eigenvalue weighted by molar-refractivity contribution is 0.0973. The van der Waals surface area contributed by atoms with Gasteiger partial charge in [0.1, 0.15) is 5.82 Å². The molecule has 0 fully saturated rings. The zero-order chi connectivity index (χ0) is 16.8. The van der Waals surface area contributed by atoms with E-state index in [9.17, 15) is 4.79 Å². The lowest BCUT2D eigenvalue weighted by Gasteiger charge is -2.07. The van der Waals surface area contributed by atoms with Crippen LogP contribution in [0.1, 0.15) is 21.9 Å². The van der Waals surface area contributed by atoms with Crippen molar-refractivity contribution >= 4 is 27.7 Å². The van der Waals surface area contributed by atoms with E-state index in [0.29, 0.717) is 6.54 Å². The van der Waals surface area contributed by atoms with Crippen LogP contribution in [0.4, 0.5) is 0 Å². The van der Waals surface area contributed by atoms with Crippen LogP contribution in [-0.4, -0.2) is 19.9 Å². The third kappa shape index (κ3) is 2.07. The van der Waals surface area contributed by atoms with Gasteiger partial charge < -0.3 is 9.13 Å². The second-order valence-corrected chi connectivity index (χ2v) is 6.19. The van der Waals surface area contributed by atoms with Crippen LogP contribution >= 0.6 is 0 Å². The number of hydrogen-bond donors (Lipinski definition) is 0. The lowest BCUT2D eigenvalue weighted by atomic mass is 10.1. The highest BCUT2D eigenvalue weighted by Crippen LogP contribution is 2.26. The summed E-state index contributed by atoms with van der Waals surface area (Å²) >= 11 is 0. The molecule has 2 aromatic heterocycles. The Morgan fingerprint density at radius 1 is 1.00 bits per heavy atom. The summed E-state index contributed by atoms with van der Waals surface area (Å²) in [5, 5.41) is 1.02. The Balaban J connectivity index is 1.83. The van der Waals surface area contributed by atoms with Gasteiger partial charge in [-0.2, -0.15) is 0 Å². The minimum Gasteiger partial charge on any atom is -0.347 e. The first-order valence-electron chi connectivity index (χ1n) is 8.07. The Kier molecular flexibility index (Phi) is 3.27. The predicted octanol–water partition coefficient (Wildman–Crippen LogP) is 4.03. The summed E-state index contributed by atoms with van der Waals surface area (Å²) in [5.41, 5.74) is 4.83. The van der Waals surface area contributed by atoms with E-state index in [2.05, 4.69) is 15.6 Å². The SMILES string of the molecule is Cc1c(C(=O)Cn2c(C)nc3ccccc32)c2ccccc2n1C. The molecule has 0 aliphatic carbocycles. The summed E-state index contributed by atoms with van der Waals surface area (Å²) in [4.78, 5) is 17.6. The maximum absolute atomic E-state index is 13.1.